The van der Waals surface area contributed by atoms with Crippen LogP contribution in [0, 0.1) is 6.92 Å². The van der Waals surface area contributed by atoms with Gasteiger partial charge in [0.15, 0.2) is 0 Å². The van der Waals surface area contributed by atoms with Crippen molar-refractivity contribution in [2.24, 2.45) is 0 Å². The summed E-state index contributed by atoms with van der Waals surface area (Å²) < 4.78 is 6.52. The van der Waals surface area contributed by atoms with Crippen molar-refractivity contribution in [3.8, 4) is 0 Å². The van der Waals surface area contributed by atoms with Crippen LogP contribution in [0.1, 0.15) is 27.7 Å². The van der Waals surface area contributed by atoms with Crippen molar-refractivity contribution >= 4 is 50.7 Å². The minimum atomic E-state index is -0.432. The van der Waals surface area contributed by atoms with Gasteiger partial charge in [0, 0.05) is 0 Å². The number of hydrogen-bond donors (Lipinski definition) is 0. The molecule has 3 rings (SSSR count). The van der Waals surface area contributed by atoms with Gasteiger partial charge < -0.3 is 4.74 Å². The smallest absolute Gasteiger partial charge is 0.348 e. The van der Waals surface area contributed by atoms with E-state index in [0.29, 0.717) is 37.2 Å². The van der Waals surface area contributed by atoms with Gasteiger partial charge in [-0.15, -0.1) is 11.3 Å². The maximum Gasteiger partial charge on any atom is 0.348 e. The quantitative estimate of drug-likeness (QED) is 0.616. The van der Waals surface area contributed by atoms with Gasteiger partial charge in [0.2, 0.25) is 0 Å². The SMILES string of the molecule is CCOC(=O)c1sc2ncn(Cc3ccc(Cl)c(Cl)c3)c(=O)c2c1C. The monoisotopic (exact) mass is 396 g/mol. The summed E-state index contributed by atoms with van der Waals surface area (Å²) in [6.45, 7) is 4.06. The summed E-state index contributed by atoms with van der Waals surface area (Å²) in [5, 5.41) is 1.33. The Labute approximate surface area is 157 Å². The van der Waals surface area contributed by atoms with Crippen LogP contribution >= 0.6 is 34.5 Å². The molecule has 0 N–H and O–H groups in total. The Hall–Kier alpha value is -1.89. The van der Waals surface area contributed by atoms with E-state index >= 15 is 0 Å². The summed E-state index contributed by atoms with van der Waals surface area (Å²) in [4.78, 5) is 30.1. The van der Waals surface area contributed by atoms with Crippen LogP contribution in [0.4, 0.5) is 0 Å². The molecule has 0 saturated carbocycles. The Bertz CT molecular complexity index is 1030. The van der Waals surface area contributed by atoms with E-state index in [1.807, 2.05) is 0 Å². The van der Waals surface area contributed by atoms with Crippen molar-refractivity contribution < 1.29 is 9.53 Å². The molecule has 3 aromatic rings. The van der Waals surface area contributed by atoms with E-state index in [1.54, 1.807) is 32.0 Å². The summed E-state index contributed by atoms with van der Waals surface area (Å²) in [6.07, 6.45) is 1.47. The second-order valence-corrected chi connectivity index (χ2v) is 7.20. The summed E-state index contributed by atoms with van der Waals surface area (Å²) in [7, 11) is 0. The highest BCUT2D eigenvalue weighted by Gasteiger charge is 2.20. The molecule has 0 unspecified atom stereocenters. The van der Waals surface area contributed by atoms with Crippen LogP contribution in [0.15, 0.2) is 29.3 Å². The van der Waals surface area contributed by atoms with Crippen LogP contribution in [0.3, 0.4) is 0 Å². The average Bonchev–Trinajstić information content (AvgIpc) is 2.91. The molecule has 25 heavy (non-hydrogen) atoms. The molecule has 130 valence electrons. The lowest BCUT2D eigenvalue weighted by molar-refractivity contribution is 0.0531. The lowest BCUT2D eigenvalue weighted by atomic mass is 10.2. The Morgan fingerprint density at radius 3 is 2.76 bits per heavy atom. The molecule has 0 amide bonds. The molecule has 0 radical (unpaired) electrons. The lowest BCUT2D eigenvalue weighted by Gasteiger charge is -2.07. The van der Waals surface area contributed by atoms with E-state index in [4.69, 9.17) is 27.9 Å². The van der Waals surface area contributed by atoms with Crippen molar-refractivity contribution in [1.29, 1.82) is 0 Å². The molecule has 2 heterocycles. The fourth-order valence-corrected chi connectivity index (χ4v) is 3.85. The van der Waals surface area contributed by atoms with Gasteiger partial charge in [0.25, 0.3) is 5.56 Å². The van der Waals surface area contributed by atoms with E-state index in [0.717, 1.165) is 5.56 Å². The number of carbonyl (C=O) groups excluding carboxylic acids is 1. The molecular formula is C17H14Cl2N2O3S. The number of ether oxygens (including phenoxy) is 1. The highest BCUT2D eigenvalue weighted by Crippen LogP contribution is 2.28. The van der Waals surface area contributed by atoms with Gasteiger partial charge in [0.05, 0.1) is 34.9 Å². The molecule has 0 spiro atoms. The first-order valence-electron chi connectivity index (χ1n) is 7.52. The number of aromatic nitrogens is 2. The Balaban J connectivity index is 2.04. The normalized spacial score (nSPS) is 11.0. The number of fused-ring (bicyclic) bond motifs is 1. The third kappa shape index (κ3) is 3.42. The Morgan fingerprint density at radius 1 is 1.32 bits per heavy atom. The predicted octanol–water partition coefficient (Wildman–Crippen LogP) is 4.30. The van der Waals surface area contributed by atoms with Crippen molar-refractivity contribution in [3.05, 3.63) is 60.9 Å². The number of thiophene rings is 1. The van der Waals surface area contributed by atoms with Gasteiger partial charge in [-0.2, -0.15) is 0 Å². The predicted molar refractivity (Wildman–Crippen MR) is 100 cm³/mol. The van der Waals surface area contributed by atoms with Crippen LogP contribution < -0.4 is 5.56 Å². The Morgan fingerprint density at radius 2 is 2.08 bits per heavy atom. The van der Waals surface area contributed by atoms with Gasteiger partial charge in [0.1, 0.15) is 9.71 Å². The maximum atomic E-state index is 12.8. The van der Waals surface area contributed by atoms with Crippen molar-refractivity contribution in [2.75, 3.05) is 6.61 Å². The molecule has 5 nitrogen and oxygen atoms in total. The Kier molecular flexibility index (Phi) is 5.13. The second kappa shape index (κ2) is 7.15. The molecule has 0 aliphatic carbocycles. The minimum Gasteiger partial charge on any atom is -0.462 e. The number of rotatable bonds is 4. The zero-order valence-electron chi connectivity index (χ0n) is 13.5. The van der Waals surface area contributed by atoms with E-state index < -0.39 is 5.97 Å². The number of hydrogen-bond acceptors (Lipinski definition) is 5. The summed E-state index contributed by atoms with van der Waals surface area (Å²) in [5.41, 5.74) is 1.22. The molecule has 0 saturated heterocycles. The third-order valence-corrected chi connectivity index (χ3v) is 5.63. The maximum absolute atomic E-state index is 12.8. The molecule has 2 aromatic heterocycles. The van der Waals surface area contributed by atoms with Crippen LogP contribution in [-0.2, 0) is 11.3 Å². The molecule has 1 aromatic carbocycles. The topological polar surface area (TPSA) is 61.2 Å². The fourth-order valence-electron chi connectivity index (χ4n) is 2.50. The van der Waals surface area contributed by atoms with Crippen LogP contribution in [0.25, 0.3) is 10.2 Å². The van der Waals surface area contributed by atoms with E-state index in [-0.39, 0.29) is 12.2 Å². The van der Waals surface area contributed by atoms with Crippen LogP contribution in [0.2, 0.25) is 10.0 Å². The van der Waals surface area contributed by atoms with Gasteiger partial charge in [-0.3, -0.25) is 9.36 Å². The lowest BCUT2D eigenvalue weighted by Crippen LogP contribution is -2.21. The van der Waals surface area contributed by atoms with Gasteiger partial charge in [-0.05, 0) is 37.1 Å². The highest BCUT2D eigenvalue weighted by molar-refractivity contribution is 7.20. The standard InChI is InChI=1S/C17H14Cl2N2O3S/c1-3-24-17(23)14-9(2)13-15(25-14)20-8-21(16(13)22)7-10-4-5-11(18)12(19)6-10/h4-6,8H,3,7H2,1-2H3. The van der Waals surface area contributed by atoms with E-state index in [1.165, 1.54) is 22.2 Å². The van der Waals surface area contributed by atoms with Crippen molar-refractivity contribution in [3.63, 3.8) is 0 Å². The average molecular weight is 397 g/mol. The molecule has 0 atom stereocenters. The number of halogens is 2. The molecule has 0 bridgehead atoms. The largest absolute Gasteiger partial charge is 0.462 e. The first-order chi connectivity index (χ1) is 11.9. The first kappa shape index (κ1) is 17.9. The van der Waals surface area contributed by atoms with Gasteiger partial charge >= 0.3 is 5.97 Å². The highest BCUT2D eigenvalue weighted by atomic mass is 35.5. The van der Waals surface area contributed by atoms with Crippen molar-refractivity contribution in [1.82, 2.24) is 9.55 Å². The molecule has 0 fully saturated rings. The number of esters is 1. The van der Waals surface area contributed by atoms with Crippen LogP contribution in [0.5, 0.6) is 0 Å². The van der Waals surface area contributed by atoms with E-state index in [9.17, 15) is 9.59 Å². The zero-order valence-corrected chi connectivity index (χ0v) is 15.8. The van der Waals surface area contributed by atoms with Gasteiger partial charge in [-0.1, -0.05) is 29.3 Å². The third-order valence-electron chi connectivity index (χ3n) is 3.72. The summed E-state index contributed by atoms with van der Waals surface area (Å²) in [6, 6.07) is 5.20. The van der Waals surface area contributed by atoms with E-state index in [2.05, 4.69) is 4.98 Å². The number of carbonyl (C=O) groups is 1. The van der Waals surface area contributed by atoms with Gasteiger partial charge in [-0.25, -0.2) is 9.78 Å². The first-order valence-corrected chi connectivity index (χ1v) is 9.09. The summed E-state index contributed by atoms with van der Waals surface area (Å²) >= 11 is 13.1. The molecule has 8 heteroatoms. The summed E-state index contributed by atoms with van der Waals surface area (Å²) in [5.74, 6) is -0.432. The van der Waals surface area contributed by atoms with Crippen molar-refractivity contribution in [2.45, 2.75) is 20.4 Å². The number of nitrogens with zero attached hydrogens (tertiary/aromatic N) is 2. The number of benzene rings is 1. The van der Waals surface area contributed by atoms with Crippen LogP contribution in [-0.4, -0.2) is 22.1 Å². The minimum absolute atomic E-state index is 0.208. The second-order valence-electron chi connectivity index (χ2n) is 5.38. The molecule has 0 aliphatic rings. The fraction of sp³-hybridized carbons (Fsp3) is 0.235. The molecule has 0 aliphatic heterocycles. The molecular weight excluding hydrogens is 383 g/mol. The zero-order chi connectivity index (χ0) is 18.1. The number of aryl methyl sites for hydroxylation is 1.